The molecule has 0 aliphatic heterocycles. The van der Waals surface area contributed by atoms with Gasteiger partial charge in [0.2, 0.25) is 0 Å². The van der Waals surface area contributed by atoms with E-state index in [2.05, 4.69) is 17.9 Å². The highest BCUT2D eigenvalue weighted by Crippen LogP contribution is 2.20. The minimum atomic E-state index is -1.03. The summed E-state index contributed by atoms with van der Waals surface area (Å²) in [5, 5.41) is 21.0. The van der Waals surface area contributed by atoms with E-state index in [9.17, 15) is 14.7 Å². The molecule has 0 unspecified atom stereocenters. The molecule has 2 rings (SSSR count). The van der Waals surface area contributed by atoms with Crippen molar-refractivity contribution >= 4 is 24.5 Å². The van der Waals surface area contributed by atoms with E-state index in [0.29, 0.717) is 21.6 Å². The highest BCUT2D eigenvalue weighted by atomic mass is 32.1. The second-order valence-electron chi connectivity index (χ2n) is 4.91. The first-order valence-electron chi connectivity index (χ1n) is 8.86. The van der Waals surface area contributed by atoms with Gasteiger partial charge in [-0.2, -0.15) is 0 Å². The molecule has 0 saturated carbocycles. The molecule has 1 aliphatic rings. The highest BCUT2D eigenvalue weighted by Gasteiger charge is 2.16. The predicted molar refractivity (Wildman–Crippen MR) is 108 cm³/mol. The number of carboxylic acid groups (broad SMARTS) is 1. The number of aliphatic hydroxyl groups is 1. The molecule has 0 fully saturated rings. The maximum atomic E-state index is 12.2. The Morgan fingerprint density at radius 1 is 1.12 bits per heavy atom. The van der Waals surface area contributed by atoms with Crippen LogP contribution in [0.4, 0.5) is 0 Å². The van der Waals surface area contributed by atoms with Gasteiger partial charge in [-0.25, -0.2) is 4.79 Å². The summed E-state index contributed by atoms with van der Waals surface area (Å²) in [5.41, 5.74) is 1.87. The minimum absolute atomic E-state index is 0.148. The van der Waals surface area contributed by atoms with Crippen molar-refractivity contribution in [1.82, 2.24) is 5.32 Å². The fraction of sp³-hybridized carbons (Fsp3) is 0.400. The van der Waals surface area contributed by atoms with Crippen LogP contribution in [0.3, 0.4) is 0 Å². The Balaban J connectivity index is 0.00000146. The van der Waals surface area contributed by atoms with E-state index in [0.717, 1.165) is 12.8 Å². The largest absolute Gasteiger partial charge is 0.478 e. The zero-order valence-corrected chi connectivity index (χ0v) is 16.8. The van der Waals surface area contributed by atoms with E-state index in [1.54, 1.807) is 12.1 Å². The Bertz CT molecular complexity index is 666. The summed E-state index contributed by atoms with van der Waals surface area (Å²) in [6, 6.07) is 4.54. The zero-order chi connectivity index (χ0) is 20.1. The second kappa shape index (κ2) is 13.2. The van der Waals surface area contributed by atoms with Gasteiger partial charge in [0.05, 0.1) is 12.2 Å². The summed E-state index contributed by atoms with van der Waals surface area (Å²) in [7, 11) is 0. The van der Waals surface area contributed by atoms with E-state index in [1.807, 2.05) is 33.8 Å². The summed E-state index contributed by atoms with van der Waals surface area (Å²) in [6.07, 6.45) is 5.23. The maximum Gasteiger partial charge on any atom is 0.335 e. The topological polar surface area (TPSA) is 86.6 Å². The summed E-state index contributed by atoms with van der Waals surface area (Å²) in [4.78, 5) is 23.8. The van der Waals surface area contributed by atoms with Gasteiger partial charge in [-0.05, 0) is 42.2 Å². The van der Waals surface area contributed by atoms with Crippen LogP contribution >= 0.6 is 12.6 Å². The number of hydrogen-bond acceptors (Lipinski definition) is 4. The smallest absolute Gasteiger partial charge is 0.335 e. The fourth-order valence-electron chi connectivity index (χ4n) is 2.25. The molecule has 144 valence electrons. The molecule has 1 aromatic carbocycles. The molecule has 0 spiro atoms. The van der Waals surface area contributed by atoms with Crippen molar-refractivity contribution in [2.45, 2.75) is 52.0 Å². The molecule has 0 heterocycles. The van der Waals surface area contributed by atoms with Crippen molar-refractivity contribution in [3.63, 3.8) is 0 Å². The summed E-state index contributed by atoms with van der Waals surface area (Å²) in [6.45, 7) is 8.00. The monoisotopic (exact) mass is 379 g/mol. The molecule has 0 radical (unpaired) electrons. The van der Waals surface area contributed by atoms with Crippen LogP contribution < -0.4 is 5.32 Å². The van der Waals surface area contributed by atoms with Crippen LogP contribution in [-0.2, 0) is 11.3 Å². The number of hydrogen-bond donors (Lipinski definition) is 4. The lowest BCUT2D eigenvalue weighted by molar-refractivity contribution is -0.117. The third-order valence-electron chi connectivity index (χ3n) is 3.43. The van der Waals surface area contributed by atoms with E-state index in [4.69, 9.17) is 5.11 Å². The van der Waals surface area contributed by atoms with Gasteiger partial charge < -0.3 is 15.5 Å². The van der Waals surface area contributed by atoms with Crippen molar-refractivity contribution in [3.05, 3.63) is 52.6 Å². The SMILES string of the molecule is CC.CC.O=C(NCc1cc(C(=O)O)ccc1S)C1=CCCC=C1CO. The minimum Gasteiger partial charge on any atom is -0.478 e. The van der Waals surface area contributed by atoms with Gasteiger partial charge in [0, 0.05) is 17.0 Å². The summed E-state index contributed by atoms with van der Waals surface area (Å²) < 4.78 is 0. The molecule has 3 N–H and O–H groups in total. The van der Waals surface area contributed by atoms with Crippen molar-refractivity contribution in [1.29, 1.82) is 0 Å². The van der Waals surface area contributed by atoms with Crippen LogP contribution in [0.25, 0.3) is 0 Å². The van der Waals surface area contributed by atoms with Crippen LogP contribution in [0.1, 0.15) is 56.5 Å². The molecule has 26 heavy (non-hydrogen) atoms. The lowest BCUT2D eigenvalue weighted by atomic mass is 9.97. The Morgan fingerprint density at radius 3 is 2.31 bits per heavy atom. The quantitative estimate of drug-likeness (QED) is 0.583. The standard InChI is InChI=1S/C16H17NO4S.2C2H6/c18-9-11-3-1-2-4-13(11)15(19)17-8-12-7-10(16(20)21)5-6-14(12)22;2*1-2/h3-7,18,22H,1-2,8-9H2,(H,17,19)(H,20,21);2*1-2H3. The van der Waals surface area contributed by atoms with Crippen LogP contribution in [0.5, 0.6) is 0 Å². The molecular weight excluding hydrogens is 350 g/mol. The number of nitrogens with one attached hydrogen (secondary N) is 1. The van der Waals surface area contributed by atoms with Gasteiger partial charge in [0.1, 0.15) is 0 Å². The molecule has 0 aromatic heterocycles. The van der Waals surface area contributed by atoms with Gasteiger partial charge in [-0.1, -0.05) is 39.8 Å². The first-order chi connectivity index (χ1) is 12.5. The normalized spacial score (nSPS) is 12.4. The number of aromatic carboxylic acids is 1. The number of carboxylic acids is 1. The zero-order valence-electron chi connectivity index (χ0n) is 15.9. The summed E-state index contributed by atoms with van der Waals surface area (Å²) >= 11 is 4.27. The Morgan fingerprint density at radius 2 is 1.73 bits per heavy atom. The molecule has 5 nitrogen and oxygen atoms in total. The Kier molecular flexibility index (Phi) is 12.2. The number of carbonyl (C=O) groups is 2. The first kappa shape index (κ1) is 23.9. The van der Waals surface area contributed by atoms with Crippen LogP contribution in [0.15, 0.2) is 46.4 Å². The molecule has 1 aromatic rings. The number of aliphatic hydroxyl groups excluding tert-OH is 1. The Labute approximate surface area is 161 Å². The number of amides is 1. The van der Waals surface area contributed by atoms with Crippen LogP contribution in [0, 0.1) is 0 Å². The number of rotatable bonds is 5. The Hall–Kier alpha value is -2.05. The third kappa shape index (κ3) is 7.06. The number of allylic oxidation sites excluding steroid dienone is 2. The van der Waals surface area contributed by atoms with Gasteiger partial charge >= 0.3 is 5.97 Å². The lowest BCUT2D eigenvalue weighted by Gasteiger charge is -2.15. The predicted octanol–water partition coefficient (Wildman–Crippen LogP) is 3.98. The van der Waals surface area contributed by atoms with Gasteiger partial charge in [0.25, 0.3) is 5.91 Å². The van der Waals surface area contributed by atoms with Gasteiger partial charge in [-0.3, -0.25) is 4.79 Å². The summed E-state index contributed by atoms with van der Waals surface area (Å²) in [5.74, 6) is -1.31. The third-order valence-corrected chi connectivity index (χ3v) is 3.87. The number of thiol groups is 1. The van der Waals surface area contributed by atoms with Crippen LogP contribution in [-0.4, -0.2) is 28.7 Å². The molecule has 0 atom stereocenters. The molecule has 6 heteroatoms. The highest BCUT2D eigenvalue weighted by molar-refractivity contribution is 7.80. The molecular formula is C20H29NO4S. The van der Waals surface area contributed by atoms with Gasteiger partial charge in [-0.15, -0.1) is 12.6 Å². The molecule has 0 saturated heterocycles. The average molecular weight is 380 g/mol. The van der Waals surface area contributed by atoms with E-state index in [-0.39, 0.29) is 24.6 Å². The second-order valence-corrected chi connectivity index (χ2v) is 5.40. The lowest BCUT2D eigenvalue weighted by Crippen LogP contribution is -2.27. The maximum absolute atomic E-state index is 12.2. The van der Waals surface area contributed by atoms with Crippen molar-refractivity contribution in [2.24, 2.45) is 0 Å². The average Bonchev–Trinajstić information content (AvgIpc) is 2.70. The molecule has 1 aliphatic carbocycles. The number of benzene rings is 1. The first-order valence-corrected chi connectivity index (χ1v) is 9.31. The van der Waals surface area contributed by atoms with Crippen LogP contribution in [0.2, 0.25) is 0 Å². The number of carbonyl (C=O) groups excluding carboxylic acids is 1. The van der Waals surface area contributed by atoms with E-state index < -0.39 is 5.97 Å². The molecule has 0 bridgehead atoms. The fourth-order valence-corrected chi connectivity index (χ4v) is 2.46. The van der Waals surface area contributed by atoms with E-state index >= 15 is 0 Å². The van der Waals surface area contributed by atoms with Crippen molar-refractivity contribution in [3.8, 4) is 0 Å². The van der Waals surface area contributed by atoms with Crippen molar-refractivity contribution in [2.75, 3.05) is 6.61 Å². The van der Waals surface area contributed by atoms with Gasteiger partial charge in [0.15, 0.2) is 0 Å². The molecule has 1 amide bonds. The van der Waals surface area contributed by atoms with E-state index in [1.165, 1.54) is 12.1 Å². The van der Waals surface area contributed by atoms with Crippen molar-refractivity contribution < 1.29 is 19.8 Å².